The number of ether oxygens (including phenoxy) is 1. The molecule has 144 valence electrons. The average Bonchev–Trinajstić information content (AvgIpc) is 3.41. The van der Waals surface area contributed by atoms with Gasteiger partial charge in [0, 0.05) is 25.6 Å². The third-order valence-corrected chi connectivity index (χ3v) is 5.60. The second-order valence-corrected chi connectivity index (χ2v) is 7.52. The van der Waals surface area contributed by atoms with Gasteiger partial charge in [0.25, 0.3) is 0 Å². The molecule has 0 saturated carbocycles. The van der Waals surface area contributed by atoms with Crippen LogP contribution in [0.4, 0.5) is 5.69 Å². The van der Waals surface area contributed by atoms with Crippen LogP contribution in [-0.2, 0) is 4.79 Å². The molecule has 27 heavy (non-hydrogen) atoms. The highest BCUT2D eigenvalue weighted by molar-refractivity contribution is 5.95. The van der Waals surface area contributed by atoms with Crippen molar-refractivity contribution in [3.8, 4) is 11.4 Å². The Hall–Kier alpha value is -2.34. The van der Waals surface area contributed by atoms with Crippen LogP contribution in [0.15, 0.2) is 36.7 Å². The maximum Gasteiger partial charge on any atom is 0.227 e. The van der Waals surface area contributed by atoms with Crippen LogP contribution in [-0.4, -0.2) is 52.9 Å². The number of nitrogens with zero attached hydrogens (tertiary/aromatic N) is 4. The Labute approximate surface area is 160 Å². The van der Waals surface area contributed by atoms with E-state index in [2.05, 4.69) is 16.9 Å². The molecule has 0 unspecified atom stereocenters. The maximum atomic E-state index is 11.9. The molecule has 0 spiro atoms. The lowest BCUT2D eigenvalue weighted by atomic mass is 10.2. The van der Waals surface area contributed by atoms with E-state index in [0.29, 0.717) is 6.42 Å². The number of likely N-dealkylation sites (tertiary alicyclic amines) is 1. The number of benzene rings is 1. The van der Waals surface area contributed by atoms with Crippen LogP contribution in [0.1, 0.15) is 39.0 Å². The summed E-state index contributed by atoms with van der Waals surface area (Å²) in [5.74, 6) is 1.07. The predicted octanol–water partition coefficient (Wildman–Crippen LogP) is 3.25. The first-order chi connectivity index (χ1) is 13.2. The van der Waals surface area contributed by atoms with Crippen molar-refractivity contribution in [2.45, 2.75) is 45.1 Å². The van der Waals surface area contributed by atoms with Crippen LogP contribution in [0.5, 0.6) is 5.75 Å². The summed E-state index contributed by atoms with van der Waals surface area (Å²) in [5, 5.41) is 4.40. The van der Waals surface area contributed by atoms with Gasteiger partial charge in [0.05, 0.1) is 30.4 Å². The van der Waals surface area contributed by atoms with Gasteiger partial charge in [0.15, 0.2) is 0 Å². The van der Waals surface area contributed by atoms with Crippen molar-refractivity contribution in [3.05, 3.63) is 36.7 Å². The first-order valence-corrected chi connectivity index (χ1v) is 10.0. The molecule has 2 fully saturated rings. The lowest BCUT2D eigenvalue weighted by Gasteiger charge is -2.20. The number of carbonyl (C=O) groups is 1. The third kappa shape index (κ3) is 4.16. The summed E-state index contributed by atoms with van der Waals surface area (Å²) in [7, 11) is 0. The van der Waals surface area contributed by atoms with E-state index in [1.54, 1.807) is 10.9 Å². The van der Waals surface area contributed by atoms with Crippen molar-refractivity contribution < 1.29 is 9.53 Å². The van der Waals surface area contributed by atoms with Crippen LogP contribution in [0.2, 0.25) is 0 Å². The lowest BCUT2D eigenvalue weighted by Crippen LogP contribution is -2.28. The quantitative estimate of drug-likeness (QED) is 0.704. The molecule has 2 aliphatic heterocycles. The minimum absolute atomic E-state index is 0.182. The van der Waals surface area contributed by atoms with Crippen LogP contribution in [0.25, 0.3) is 5.69 Å². The summed E-state index contributed by atoms with van der Waals surface area (Å²) < 4.78 is 7.69. The van der Waals surface area contributed by atoms with E-state index in [1.165, 1.54) is 19.4 Å². The smallest absolute Gasteiger partial charge is 0.227 e. The topological polar surface area (TPSA) is 50.6 Å². The largest absolute Gasteiger partial charge is 0.494 e. The molecule has 6 heteroatoms. The molecular weight excluding hydrogens is 340 g/mol. The van der Waals surface area contributed by atoms with Gasteiger partial charge < -0.3 is 14.5 Å². The molecule has 1 aromatic heterocycles. The summed E-state index contributed by atoms with van der Waals surface area (Å²) in [5.41, 5.74) is 1.83. The number of rotatable bonds is 7. The molecule has 0 N–H and O–H groups in total. The van der Waals surface area contributed by atoms with Crippen LogP contribution < -0.4 is 9.64 Å². The fourth-order valence-electron chi connectivity index (χ4n) is 3.99. The fourth-order valence-corrected chi connectivity index (χ4v) is 3.99. The maximum absolute atomic E-state index is 11.9. The molecule has 1 amide bonds. The monoisotopic (exact) mass is 368 g/mol. The van der Waals surface area contributed by atoms with Gasteiger partial charge in [-0.1, -0.05) is 0 Å². The Morgan fingerprint density at radius 3 is 2.70 bits per heavy atom. The standard InChI is InChI=1S/C21H28N4O2/c1-17-5-2-11-23(17)12-4-14-27-20-9-7-18(8-10-20)25-16-19(15-22-25)24-13-3-6-21(24)26/h7-10,15-17H,2-6,11-14H2,1H3/t17-/m0/s1. The van der Waals surface area contributed by atoms with E-state index in [-0.39, 0.29) is 5.91 Å². The molecule has 2 saturated heterocycles. The summed E-state index contributed by atoms with van der Waals surface area (Å²) in [4.78, 5) is 16.2. The Balaban J connectivity index is 1.28. The van der Waals surface area contributed by atoms with Gasteiger partial charge in [-0.25, -0.2) is 4.68 Å². The normalized spacial score (nSPS) is 20.6. The number of hydrogen-bond donors (Lipinski definition) is 0. The van der Waals surface area contributed by atoms with Crippen LogP contribution in [0, 0.1) is 0 Å². The highest BCUT2D eigenvalue weighted by Crippen LogP contribution is 2.23. The Bertz CT molecular complexity index is 771. The summed E-state index contributed by atoms with van der Waals surface area (Å²) in [6.45, 7) is 6.18. The zero-order valence-corrected chi connectivity index (χ0v) is 16.0. The molecule has 3 heterocycles. The summed E-state index contributed by atoms with van der Waals surface area (Å²) in [6.07, 6.45) is 8.93. The molecule has 1 atom stereocenters. The SMILES string of the molecule is C[C@H]1CCCN1CCCOc1ccc(-n2cc(N3CCCC3=O)cn2)cc1. The van der Waals surface area contributed by atoms with Gasteiger partial charge in [-0.05, 0) is 63.4 Å². The second-order valence-electron chi connectivity index (χ2n) is 7.52. The van der Waals surface area contributed by atoms with Gasteiger partial charge >= 0.3 is 0 Å². The van der Waals surface area contributed by atoms with E-state index in [0.717, 1.165) is 55.7 Å². The van der Waals surface area contributed by atoms with E-state index in [9.17, 15) is 4.79 Å². The average molecular weight is 368 g/mol. The van der Waals surface area contributed by atoms with Gasteiger partial charge in [0.1, 0.15) is 5.75 Å². The second kappa shape index (κ2) is 8.13. The molecule has 2 aromatic rings. The van der Waals surface area contributed by atoms with E-state index < -0.39 is 0 Å². The van der Waals surface area contributed by atoms with Gasteiger partial charge in [0.2, 0.25) is 5.91 Å². The van der Waals surface area contributed by atoms with Crippen molar-refractivity contribution in [2.24, 2.45) is 0 Å². The number of hydrogen-bond acceptors (Lipinski definition) is 4. The van der Waals surface area contributed by atoms with Crippen molar-refractivity contribution in [2.75, 3.05) is 31.1 Å². The van der Waals surface area contributed by atoms with E-state index in [1.807, 2.05) is 35.4 Å². The van der Waals surface area contributed by atoms with Crippen LogP contribution >= 0.6 is 0 Å². The molecule has 0 bridgehead atoms. The minimum atomic E-state index is 0.182. The van der Waals surface area contributed by atoms with Crippen molar-refractivity contribution in [1.82, 2.24) is 14.7 Å². The van der Waals surface area contributed by atoms with E-state index in [4.69, 9.17) is 4.74 Å². The number of amides is 1. The molecule has 0 aliphatic carbocycles. The minimum Gasteiger partial charge on any atom is -0.494 e. The molecule has 0 radical (unpaired) electrons. The third-order valence-electron chi connectivity index (χ3n) is 5.60. The molecule has 6 nitrogen and oxygen atoms in total. The molecule has 2 aliphatic rings. The first-order valence-electron chi connectivity index (χ1n) is 10.0. The Morgan fingerprint density at radius 2 is 2.00 bits per heavy atom. The van der Waals surface area contributed by atoms with Gasteiger partial charge in [-0.3, -0.25) is 4.79 Å². The summed E-state index contributed by atoms with van der Waals surface area (Å²) >= 11 is 0. The number of carbonyl (C=O) groups excluding carboxylic acids is 1. The highest BCUT2D eigenvalue weighted by atomic mass is 16.5. The molecule has 4 rings (SSSR count). The summed E-state index contributed by atoms with van der Waals surface area (Å²) in [6, 6.07) is 8.69. The highest BCUT2D eigenvalue weighted by Gasteiger charge is 2.23. The Kier molecular flexibility index (Phi) is 5.43. The lowest BCUT2D eigenvalue weighted by molar-refractivity contribution is -0.117. The van der Waals surface area contributed by atoms with Gasteiger partial charge in [-0.15, -0.1) is 0 Å². The zero-order chi connectivity index (χ0) is 18.6. The van der Waals surface area contributed by atoms with Crippen LogP contribution in [0.3, 0.4) is 0 Å². The van der Waals surface area contributed by atoms with Crippen molar-refractivity contribution in [3.63, 3.8) is 0 Å². The van der Waals surface area contributed by atoms with E-state index >= 15 is 0 Å². The number of aromatic nitrogens is 2. The zero-order valence-electron chi connectivity index (χ0n) is 16.0. The Morgan fingerprint density at radius 1 is 1.15 bits per heavy atom. The first kappa shape index (κ1) is 18.0. The number of anilines is 1. The fraction of sp³-hybridized carbons (Fsp3) is 0.524. The molecular formula is C21H28N4O2. The van der Waals surface area contributed by atoms with Crippen molar-refractivity contribution in [1.29, 1.82) is 0 Å². The molecule has 1 aromatic carbocycles. The predicted molar refractivity (Wildman–Crippen MR) is 106 cm³/mol. The van der Waals surface area contributed by atoms with Crippen molar-refractivity contribution >= 4 is 11.6 Å². The van der Waals surface area contributed by atoms with Gasteiger partial charge in [-0.2, -0.15) is 5.10 Å².